The highest BCUT2D eigenvalue weighted by atomic mass is 16.3. The van der Waals surface area contributed by atoms with Gasteiger partial charge in [0.2, 0.25) is 0 Å². The first-order valence-corrected chi connectivity index (χ1v) is 7.80. The summed E-state index contributed by atoms with van der Waals surface area (Å²) in [6.45, 7) is 2.82. The largest absolute Gasteiger partial charge is 0.389 e. The third-order valence-corrected chi connectivity index (χ3v) is 4.18. The lowest BCUT2D eigenvalue weighted by Crippen LogP contribution is -2.13. The molecule has 0 saturated carbocycles. The minimum Gasteiger partial charge on any atom is -0.389 e. The number of aliphatic hydroxyl groups excluding tert-OH is 1. The SMILES string of the molecule is CC(O)c1c(C2=CC(CN(C)C)=CC2)ccc2ccccc12. The van der Waals surface area contributed by atoms with Gasteiger partial charge in [-0.05, 0) is 60.5 Å². The Labute approximate surface area is 132 Å². The molecule has 0 aromatic heterocycles. The molecule has 2 aromatic carbocycles. The fourth-order valence-corrected chi connectivity index (χ4v) is 3.27. The van der Waals surface area contributed by atoms with Gasteiger partial charge in [-0.2, -0.15) is 0 Å². The molecule has 0 bridgehead atoms. The van der Waals surface area contributed by atoms with E-state index in [1.807, 2.05) is 19.1 Å². The topological polar surface area (TPSA) is 23.5 Å². The summed E-state index contributed by atoms with van der Waals surface area (Å²) in [5, 5.41) is 12.7. The minimum atomic E-state index is -0.472. The maximum absolute atomic E-state index is 10.3. The van der Waals surface area contributed by atoms with Gasteiger partial charge in [0, 0.05) is 6.54 Å². The van der Waals surface area contributed by atoms with Crippen molar-refractivity contribution in [2.24, 2.45) is 0 Å². The summed E-state index contributed by atoms with van der Waals surface area (Å²) in [6.07, 6.45) is 5.04. The van der Waals surface area contributed by atoms with Crippen LogP contribution < -0.4 is 0 Å². The van der Waals surface area contributed by atoms with Crippen LogP contribution >= 0.6 is 0 Å². The van der Waals surface area contributed by atoms with Gasteiger partial charge in [-0.15, -0.1) is 0 Å². The second kappa shape index (κ2) is 6.07. The maximum atomic E-state index is 10.3. The molecule has 0 radical (unpaired) electrons. The van der Waals surface area contributed by atoms with E-state index in [1.54, 1.807) is 0 Å². The van der Waals surface area contributed by atoms with E-state index in [4.69, 9.17) is 0 Å². The third-order valence-electron chi connectivity index (χ3n) is 4.18. The number of benzene rings is 2. The molecule has 2 nitrogen and oxygen atoms in total. The third kappa shape index (κ3) is 2.85. The Hall–Kier alpha value is -1.90. The van der Waals surface area contributed by atoms with Crippen molar-refractivity contribution in [1.82, 2.24) is 4.90 Å². The van der Waals surface area contributed by atoms with Crippen molar-refractivity contribution >= 4 is 16.3 Å². The smallest absolute Gasteiger partial charge is 0.0773 e. The van der Waals surface area contributed by atoms with E-state index in [0.717, 1.165) is 23.9 Å². The summed E-state index contributed by atoms with van der Waals surface area (Å²) in [7, 11) is 4.17. The number of aliphatic hydroxyl groups is 1. The Bertz CT molecular complexity index is 753. The molecule has 1 N–H and O–H groups in total. The van der Waals surface area contributed by atoms with Crippen molar-refractivity contribution in [2.75, 3.05) is 20.6 Å². The van der Waals surface area contributed by atoms with Gasteiger partial charge in [-0.1, -0.05) is 48.6 Å². The molecule has 2 aromatic rings. The van der Waals surface area contributed by atoms with Gasteiger partial charge in [0.05, 0.1) is 6.10 Å². The molecule has 114 valence electrons. The Morgan fingerprint density at radius 2 is 1.91 bits per heavy atom. The summed E-state index contributed by atoms with van der Waals surface area (Å²) < 4.78 is 0. The number of nitrogens with zero attached hydrogens (tertiary/aromatic N) is 1. The predicted octanol–water partition coefficient (Wildman–Crippen LogP) is 4.17. The minimum absolute atomic E-state index is 0.472. The molecule has 22 heavy (non-hydrogen) atoms. The average molecular weight is 293 g/mol. The molecule has 2 heteroatoms. The molecule has 0 heterocycles. The average Bonchev–Trinajstić information content (AvgIpc) is 2.93. The quantitative estimate of drug-likeness (QED) is 0.914. The molecule has 1 atom stereocenters. The normalized spacial score (nSPS) is 16.0. The first-order valence-electron chi connectivity index (χ1n) is 7.80. The monoisotopic (exact) mass is 293 g/mol. The van der Waals surface area contributed by atoms with Crippen molar-refractivity contribution in [2.45, 2.75) is 19.4 Å². The summed E-state index contributed by atoms with van der Waals surface area (Å²) in [5.41, 5.74) is 4.88. The molecule has 0 aliphatic heterocycles. The summed E-state index contributed by atoms with van der Waals surface area (Å²) in [5.74, 6) is 0. The molecule has 0 amide bonds. The van der Waals surface area contributed by atoms with E-state index in [2.05, 4.69) is 55.4 Å². The molecule has 0 saturated heterocycles. The number of hydrogen-bond acceptors (Lipinski definition) is 2. The molecule has 1 aliphatic carbocycles. The zero-order valence-corrected chi connectivity index (χ0v) is 13.5. The summed E-state index contributed by atoms with van der Waals surface area (Å²) in [4.78, 5) is 2.18. The zero-order valence-electron chi connectivity index (χ0n) is 13.5. The van der Waals surface area contributed by atoms with Gasteiger partial charge >= 0.3 is 0 Å². The van der Waals surface area contributed by atoms with Crippen molar-refractivity contribution < 1.29 is 5.11 Å². The molecule has 0 fully saturated rings. The highest BCUT2D eigenvalue weighted by Gasteiger charge is 2.17. The molecule has 1 aliphatic rings. The lowest BCUT2D eigenvalue weighted by atomic mass is 9.91. The lowest BCUT2D eigenvalue weighted by molar-refractivity contribution is 0.200. The molecule has 1 unspecified atom stereocenters. The van der Waals surface area contributed by atoms with E-state index in [9.17, 15) is 5.11 Å². The number of fused-ring (bicyclic) bond motifs is 1. The number of allylic oxidation sites excluding steroid dienone is 2. The van der Waals surface area contributed by atoms with Crippen LogP contribution in [0.2, 0.25) is 0 Å². The highest BCUT2D eigenvalue weighted by Crippen LogP contribution is 2.36. The van der Waals surface area contributed by atoms with Gasteiger partial charge in [0.15, 0.2) is 0 Å². The Balaban J connectivity index is 2.07. The Kier molecular flexibility index (Phi) is 4.14. The fraction of sp³-hybridized carbons (Fsp3) is 0.300. The van der Waals surface area contributed by atoms with Crippen LogP contribution in [0.3, 0.4) is 0 Å². The van der Waals surface area contributed by atoms with Gasteiger partial charge in [0.25, 0.3) is 0 Å². The predicted molar refractivity (Wildman–Crippen MR) is 93.8 cm³/mol. The van der Waals surface area contributed by atoms with E-state index in [1.165, 1.54) is 22.1 Å². The van der Waals surface area contributed by atoms with Gasteiger partial charge in [-0.3, -0.25) is 0 Å². The lowest BCUT2D eigenvalue weighted by Gasteiger charge is -2.16. The molecular formula is C20H23NO. The Morgan fingerprint density at radius 1 is 1.14 bits per heavy atom. The highest BCUT2D eigenvalue weighted by molar-refractivity contribution is 5.91. The van der Waals surface area contributed by atoms with Crippen molar-refractivity contribution in [3.63, 3.8) is 0 Å². The van der Waals surface area contributed by atoms with E-state index in [0.29, 0.717) is 0 Å². The summed E-state index contributed by atoms with van der Waals surface area (Å²) >= 11 is 0. The van der Waals surface area contributed by atoms with Crippen LogP contribution in [0.1, 0.15) is 30.6 Å². The van der Waals surface area contributed by atoms with Crippen LogP contribution in [0, 0.1) is 0 Å². The maximum Gasteiger partial charge on any atom is 0.0773 e. The second-order valence-corrected chi connectivity index (χ2v) is 6.31. The van der Waals surface area contributed by atoms with Crippen LogP contribution in [-0.4, -0.2) is 30.6 Å². The molecule has 0 spiro atoms. The first-order chi connectivity index (χ1) is 10.6. The van der Waals surface area contributed by atoms with Crippen LogP contribution in [-0.2, 0) is 0 Å². The van der Waals surface area contributed by atoms with Gasteiger partial charge in [-0.25, -0.2) is 0 Å². The van der Waals surface area contributed by atoms with E-state index >= 15 is 0 Å². The van der Waals surface area contributed by atoms with Gasteiger partial charge < -0.3 is 10.0 Å². The van der Waals surface area contributed by atoms with Crippen LogP contribution in [0.5, 0.6) is 0 Å². The number of likely N-dealkylation sites (N-methyl/N-ethyl adjacent to an activating group) is 1. The van der Waals surface area contributed by atoms with Crippen molar-refractivity contribution in [3.8, 4) is 0 Å². The Morgan fingerprint density at radius 3 is 2.64 bits per heavy atom. The van der Waals surface area contributed by atoms with Crippen molar-refractivity contribution in [3.05, 3.63) is 65.3 Å². The van der Waals surface area contributed by atoms with Crippen molar-refractivity contribution in [1.29, 1.82) is 0 Å². The van der Waals surface area contributed by atoms with E-state index in [-0.39, 0.29) is 0 Å². The summed E-state index contributed by atoms with van der Waals surface area (Å²) in [6, 6.07) is 12.6. The van der Waals surface area contributed by atoms with E-state index < -0.39 is 6.10 Å². The first kappa shape index (κ1) is 15.0. The molecule has 3 rings (SSSR count). The zero-order chi connectivity index (χ0) is 15.7. The van der Waals surface area contributed by atoms with Crippen LogP contribution in [0.15, 0.2) is 54.1 Å². The molecular weight excluding hydrogens is 270 g/mol. The van der Waals surface area contributed by atoms with Crippen LogP contribution in [0.25, 0.3) is 16.3 Å². The number of hydrogen-bond donors (Lipinski definition) is 1. The van der Waals surface area contributed by atoms with Gasteiger partial charge in [0.1, 0.15) is 0 Å². The standard InChI is InChI=1S/C20H23NO/c1-14(22)20-18-7-5-4-6-16(18)10-11-19(20)17-9-8-15(12-17)13-21(2)3/h4-8,10-12,14,22H,9,13H2,1-3H3. The van der Waals surface area contributed by atoms with Crippen LogP contribution in [0.4, 0.5) is 0 Å². The number of rotatable bonds is 4. The second-order valence-electron chi connectivity index (χ2n) is 6.31. The fourth-order valence-electron chi connectivity index (χ4n) is 3.27.